The van der Waals surface area contributed by atoms with Crippen LogP contribution in [0, 0.1) is 0 Å². The van der Waals surface area contributed by atoms with Crippen LogP contribution in [0.2, 0.25) is 0 Å². The molecule has 0 amide bonds. The fourth-order valence-corrected chi connectivity index (χ4v) is 1.90. The topological polar surface area (TPSA) is 84.9 Å². The summed E-state index contributed by atoms with van der Waals surface area (Å²) in [6, 6.07) is 1.25. The summed E-state index contributed by atoms with van der Waals surface area (Å²) < 4.78 is 46.9. The number of esters is 2. The molecule has 1 aromatic carbocycles. The van der Waals surface area contributed by atoms with Gasteiger partial charge in [-0.15, -0.1) is 0 Å². The molecule has 0 saturated carbocycles. The zero-order valence-corrected chi connectivity index (χ0v) is 13.4. The Morgan fingerprint density at radius 1 is 1.26 bits per heavy atom. The van der Waals surface area contributed by atoms with Crippen molar-refractivity contribution in [2.24, 2.45) is 0 Å². The number of carbonyl (C=O) groups is 2. The number of hydrogen-bond donors (Lipinski definition) is 2. The molecule has 1 rings (SSSR count). The second kappa shape index (κ2) is 7.36. The minimum atomic E-state index is -4.68. The van der Waals surface area contributed by atoms with Crippen LogP contribution < -0.4 is 5.32 Å². The molecular formula is C13H11BrF3NO5. The number of aromatic hydroxyl groups is 1. The minimum absolute atomic E-state index is 0.253. The van der Waals surface area contributed by atoms with Crippen LogP contribution in [0.5, 0.6) is 5.75 Å². The molecule has 1 aromatic rings. The summed E-state index contributed by atoms with van der Waals surface area (Å²) in [6.45, 7) is 0. The van der Waals surface area contributed by atoms with Gasteiger partial charge in [-0.05, 0) is 28.1 Å². The lowest BCUT2D eigenvalue weighted by Gasteiger charge is -2.14. The zero-order valence-electron chi connectivity index (χ0n) is 11.8. The Morgan fingerprint density at radius 3 is 2.35 bits per heavy atom. The highest BCUT2D eigenvalue weighted by atomic mass is 79.9. The van der Waals surface area contributed by atoms with Crippen molar-refractivity contribution in [1.29, 1.82) is 0 Å². The molecule has 6 nitrogen and oxygen atoms in total. The van der Waals surface area contributed by atoms with E-state index >= 15 is 0 Å². The maximum absolute atomic E-state index is 12.8. The van der Waals surface area contributed by atoms with E-state index in [1.165, 1.54) is 0 Å². The standard InChI is InChI=1S/C13H11BrF3NO5/c1-22-10(19)5-9(12(21)23-2)18-8-4-6(13(15,16)17)3-7(14)11(8)20/h3-5,18,20H,1-2H3/b9-5+. The van der Waals surface area contributed by atoms with Crippen LogP contribution in [0.4, 0.5) is 18.9 Å². The Labute approximate surface area is 137 Å². The molecule has 0 aliphatic rings. The number of ether oxygens (including phenoxy) is 2. The molecule has 0 aliphatic carbocycles. The largest absolute Gasteiger partial charge is 0.505 e. The van der Waals surface area contributed by atoms with Gasteiger partial charge >= 0.3 is 18.1 Å². The second-order valence-electron chi connectivity index (χ2n) is 4.05. The number of phenolic OH excluding ortho intramolecular Hbond substituents is 1. The summed E-state index contributed by atoms with van der Waals surface area (Å²) in [6.07, 6.45) is -4.00. The molecule has 0 aromatic heterocycles. The van der Waals surface area contributed by atoms with E-state index in [2.05, 4.69) is 30.7 Å². The number of alkyl halides is 3. The molecule has 2 N–H and O–H groups in total. The fraction of sp³-hybridized carbons (Fsp3) is 0.231. The average molecular weight is 398 g/mol. The first-order valence-electron chi connectivity index (χ1n) is 5.84. The Morgan fingerprint density at radius 2 is 1.87 bits per heavy atom. The number of methoxy groups -OCH3 is 2. The quantitative estimate of drug-likeness (QED) is 0.461. The summed E-state index contributed by atoms with van der Waals surface area (Å²) in [5, 5.41) is 12.0. The van der Waals surface area contributed by atoms with Gasteiger partial charge in [-0.25, -0.2) is 9.59 Å². The van der Waals surface area contributed by atoms with Crippen LogP contribution in [-0.4, -0.2) is 31.3 Å². The van der Waals surface area contributed by atoms with E-state index in [0.717, 1.165) is 14.2 Å². The Balaban J connectivity index is 3.33. The van der Waals surface area contributed by atoms with E-state index < -0.39 is 40.8 Å². The Bertz CT molecular complexity index is 658. The Hall–Kier alpha value is -2.23. The molecule has 0 bridgehead atoms. The molecule has 0 fully saturated rings. The van der Waals surface area contributed by atoms with Gasteiger partial charge in [-0.1, -0.05) is 0 Å². The minimum Gasteiger partial charge on any atom is -0.505 e. The van der Waals surface area contributed by atoms with Crippen LogP contribution in [0.3, 0.4) is 0 Å². The first-order chi connectivity index (χ1) is 10.6. The van der Waals surface area contributed by atoms with Crippen molar-refractivity contribution < 1.29 is 37.3 Å². The number of rotatable bonds is 4. The first-order valence-corrected chi connectivity index (χ1v) is 6.64. The van der Waals surface area contributed by atoms with Crippen molar-refractivity contribution in [2.75, 3.05) is 19.5 Å². The van der Waals surface area contributed by atoms with Crippen molar-refractivity contribution in [3.63, 3.8) is 0 Å². The normalized spacial score (nSPS) is 11.8. The molecule has 10 heteroatoms. The third kappa shape index (κ3) is 4.88. The van der Waals surface area contributed by atoms with E-state index in [1.54, 1.807) is 0 Å². The number of carbonyl (C=O) groups excluding carboxylic acids is 2. The van der Waals surface area contributed by atoms with E-state index in [9.17, 15) is 27.9 Å². The third-order valence-corrected chi connectivity index (χ3v) is 3.13. The number of hydrogen-bond acceptors (Lipinski definition) is 6. The summed E-state index contributed by atoms with van der Waals surface area (Å²) in [4.78, 5) is 22.8. The van der Waals surface area contributed by atoms with Crippen LogP contribution in [-0.2, 0) is 25.2 Å². The SMILES string of the molecule is COC(=O)/C=C(/Nc1cc(C(F)(F)F)cc(Br)c1O)C(=O)OC. The zero-order chi connectivity index (χ0) is 17.8. The maximum Gasteiger partial charge on any atom is 0.416 e. The van der Waals surface area contributed by atoms with E-state index in [4.69, 9.17) is 0 Å². The van der Waals surface area contributed by atoms with Crippen LogP contribution in [0.25, 0.3) is 0 Å². The van der Waals surface area contributed by atoms with Gasteiger partial charge < -0.3 is 19.9 Å². The van der Waals surface area contributed by atoms with Gasteiger partial charge in [-0.3, -0.25) is 0 Å². The van der Waals surface area contributed by atoms with Gasteiger partial charge in [0.25, 0.3) is 0 Å². The van der Waals surface area contributed by atoms with Crippen LogP contribution >= 0.6 is 15.9 Å². The van der Waals surface area contributed by atoms with Crippen LogP contribution in [0.1, 0.15) is 5.56 Å². The van der Waals surface area contributed by atoms with E-state index in [0.29, 0.717) is 18.2 Å². The molecule has 0 saturated heterocycles. The monoisotopic (exact) mass is 397 g/mol. The van der Waals surface area contributed by atoms with Gasteiger partial charge in [0.1, 0.15) is 5.70 Å². The van der Waals surface area contributed by atoms with Crippen molar-refractivity contribution in [2.45, 2.75) is 6.18 Å². The van der Waals surface area contributed by atoms with Crippen LogP contribution in [0.15, 0.2) is 28.4 Å². The molecular weight excluding hydrogens is 387 g/mol. The third-order valence-electron chi connectivity index (χ3n) is 2.53. The predicted octanol–water partition coefficient (Wildman–Crippen LogP) is 2.82. The lowest BCUT2D eigenvalue weighted by atomic mass is 10.1. The predicted molar refractivity (Wildman–Crippen MR) is 76.5 cm³/mol. The number of phenols is 1. The first kappa shape index (κ1) is 18.8. The molecule has 0 heterocycles. The van der Waals surface area contributed by atoms with Crippen molar-refractivity contribution >= 4 is 33.6 Å². The molecule has 0 spiro atoms. The lowest BCUT2D eigenvalue weighted by molar-refractivity contribution is -0.138. The maximum atomic E-state index is 12.8. The van der Waals surface area contributed by atoms with E-state index in [-0.39, 0.29) is 4.47 Å². The van der Waals surface area contributed by atoms with Crippen molar-refractivity contribution in [3.05, 3.63) is 33.9 Å². The highest BCUT2D eigenvalue weighted by Crippen LogP contribution is 2.40. The number of benzene rings is 1. The highest BCUT2D eigenvalue weighted by molar-refractivity contribution is 9.10. The van der Waals surface area contributed by atoms with E-state index in [1.807, 2.05) is 0 Å². The molecule has 23 heavy (non-hydrogen) atoms. The van der Waals surface area contributed by atoms with Crippen molar-refractivity contribution in [3.8, 4) is 5.75 Å². The summed E-state index contributed by atoms with van der Waals surface area (Å²) in [7, 11) is 2.06. The number of halogens is 4. The molecule has 0 aliphatic heterocycles. The lowest BCUT2D eigenvalue weighted by Crippen LogP contribution is -2.16. The second-order valence-corrected chi connectivity index (χ2v) is 4.90. The van der Waals surface area contributed by atoms with Gasteiger partial charge in [0, 0.05) is 0 Å². The fourth-order valence-electron chi connectivity index (χ4n) is 1.44. The summed E-state index contributed by atoms with van der Waals surface area (Å²) in [5.74, 6) is -2.57. The average Bonchev–Trinajstić information content (AvgIpc) is 2.48. The number of nitrogens with one attached hydrogen (secondary N) is 1. The van der Waals surface area contributed by atoms with Gasteiger partial charge in [0.15, 0.2) is 5.75 Å². The number of anilines is 1. The van der Waals surface area contributed by atoms with Gasteiger partial charge in [0.2, 0.25) is 0 Å². The smallest absolute Gasteiger partial charge is 0.416 e. The molecule has 0 radical (unpaired) electrons. The van der Waals surface area contributed by atoms with Crippen molar-refractivity contribution in [1.82, 2.24) is 0 Å². The highest BCUT2D eigenvalue weighted by Gasteiger charge is 2.32. The molecule has 0 atom stereocenters. The molecule has 0 unspecified atom stereocenters. The van der Waals surface area contributed by atoms with Gasteiger partial charge in [-0.2, -0.15) is 13.2 Å². The Kier molecular flexibility index (Phi) is 6.02. The molecule has 126 valence electrons. The van der Waals surface area contributed by atoms with Gasteiger partial charge in [0.05, 0.1) is 36.0 Å². The summed E-state index contributed by atoms with van der Waals surface area (Å²) >= 11 is 2.78. The summed E-state index contributed by atoms with van der Waals surface area (Å²) in [5.41, 5.74) is -2.04.